The molecule has 1 aromatic heterocycles. The van der Waals surface area contributed by atoms with Crippen molar-refractivity contribution >= 4 is 39.2 Å². The Balaban J connectivity index is 1.25. The molecule has 2 aromatic carbocycles. The van der Waals surface area contributed by atoms with Gasteiger partial charge in [-0.15, -0.1) is 11.3 Å². The van der Waals surface area contributed by atoms with Crippen molar-refractivity contribution in [3.8, 4) is 11.5 Å². The maximum absolute atomic E-state index is 13.5. The Bertz CT molecular complexity index is 1540. The highest BCUT2D eigenvalue weighted by molar-refractivity contribution is 9.10. The number of benzene rings is 2. The number of ether oxygens (including phenoxy) is 1. The van der Waals surface area contributed by atoms with E-state index in [9.17, 15) is 15.0 Å². The first-order valence-corrected chi connectivity index (χ1v) is 16.1. The number of halogens is 1. The molecule has 0 unspecified atom stereocenters. The van der Waals surface area contributed by atoms with Crippen molar-refractivity contribution in [1.29, 1.82) is 0 Å². The van der Waals surface area contributed by atoms with Gasteiger partial charge in [0.2, 0.25) is 5.91 Å². The molecule has 3 heterocycles. The molecule has 2 N–H and O–H groups in total. The van der Waals surface area contributed by atoms with Crippen molar-refractivity contribution in [3.05, 3.63) is 86.0 Å². The Kier molecular flexibility index (Phi) is 6.43. The summed E-state index contributed by atoms with van der Waals surface area (Å²) in [5.41, 5.74) is 0.732. The quantitative estimate of drug-likeness (QED) is 0.348. The molecule has 2 aliphatic heterocycles. The van der Waals surface area contributed by atoms with Crippen molar-refractivity contribution in [2.75, 3.05) is 20.1 Å². The molecule has 1 saturated heterocycles. The number of phenolic OH excluding ortho intramolecular Hbond substituents is 1. The Hall–Kier alpha value is -2.65. The Morgan fingerprint density at radius 2 is 2.05 bits per heavy atom. The molecule has 1 spiro atoms. The van der Waals surface area contributed by atoms with Gasteiger partial charge in [-0.25, -0.2) is 0 Å². The number of hydrogen-bond donors (Lipinski definition) is 2. The number of nitrogens with zero attached hydrogens (tertiary/aromatic N) is 2. The van der Waals surface area contributed by atoms with Gasteiger partial charge in [-0.1, -0.05) is 36.4 Å². The number of carbonyl (C=O) groups is 1. The number of carbonyl (C=O) groups excluding carboxylic acids is 1. The topological polar surface area (TPSA) is 73.2 Å². The summed E-state index contributed by atoms with van der Waals surface area (Å²) in [5.74, 6) is 0.502. The van der Waals surface area contributed by atoms with Gasteiger partial charge in [0.05, 0.1) is 17.1 Å². The smallest absolute Gasteiger partial charge is 0.246 e. The Morgan fingerprint density at radius 1 is 1.24 bits per heavy atom. The normalized spacial score (nSPS) is 31.6. The second-order valence-electron chi connectivity index (χ2n) is 12.2. The molecule has 41 heavy (non-hydrogen) atoms. The first kappa shape index (κ1) is 27.2. The first-order chi connectivity index (χ1) is 19.7. The van der Waals surface area contributed by atoms with E-state index < -0.39 is 16.6 Å². The van der Waals surface area contributed by atoms with Crippen LogP contribution >= 0.6 is 27.3 Å². The monoisotopic (exact) mass is 634 g/mol. The number of amides is 1. The number of phenols is 1. The van der Waals surface area contributed by atoms with Crippen molar-refractivity contribution in [2.24, 2.45) is 0 Å². The van der Waals surface area contributed by atoms with Crippen molar-refractivity contribution < 1.29 is 19.7 Å². The van der Waals surface area contributed by atoms with Crippen LogP contribution in [0.3, 0.4) is 0 Å². The lowest BCUT2D eigenvalue weighted by Gasteiger charge is -2.67. The van der Waals surface area contributed by atoms with E-state index in [1.807, 2.05) is 36.7 Å². The molecule has 2 bridgehead atoms. The summed E-state index contributed by atoms with van der Waals surface area (Å²) in [6.45, 7) is 3.76. The highest BCUT2D eigenvalue weighted by atomic mass is 79.9. The van der Waals surface area contributed by atoms with Crippen molar-refractivity contribution in [2.45, 2.75) is 67.7 Å². The largest absolute Gasteiger partial charge is 0.504 e. The van der Waals surface area contributed by atoms with Gasteiger partial charge in [0, 0.05) is 46.0 Å². The van der Waals surface area contributed by atoms with Gasteiger partial charge in [-0.2, -0.15) is 0 Å². The lowest BCUT2D eigenvalue weighted by molar-refractivity contribution is -0.229. The molecule has 8 heteroatoms. The molecule has 2 aliphatic carbocycles. The molecule has 4 aliphatic rings. The summed E-state index contributed by atoms with van der Waals surface area (Å²) in [4.78, 5) is 18.8. The first-order valence-electron chi connectivity index (χ1n) is 14.4. The predicted molar refractivity (Wildman–Crippen MR) is 164 cm³/mol. The van der Waals surface area contributed by atoms with Gasteiger partial charge < -0.3 is 19.8 Å². The summed E-state index contributed by atoms with van der Waals surface area (Å²) in [7, 11) is 1.84. The third kappa shape index (κ3) is 3.83. The van der Waals surface area contributed by atoms with Crippen LogP contribution in [0.1, 0.15) is 47.8 Å². The van der Waals surface area contributed by atoms with E-state index in [-0.39, 0.29) is 23.7 Å². The fraction of sp³-hybridized carbons (Fsp3) is 0.424. The van der Waals surface area contributed by atoms with Crippen LogP contribution in [-0.2, 0) is 23.1 Å². The third-order valence-corrected chi connectivity index (χ3v) is 12.1. The number of likely N-dealkylation sites (tertiary alicyclic amines) is 1. The zero-order chi connectivity index (χ0) is 28.6. The zero-order valence-electron chi connectivity index (χ0n) is 23.3. The van der Waals surface area contributed by atoms with E-state index >= 15 is 0 Å². The van der Waals surface area contributed by atoms with Gasteiger partial charge in [0.15, 0.2) is 11.5 Å². The predicted octanol–water partition coefficient (Wildman–Crippen LogP) is 5.54. The molecule has 0 radical (unpaired) electrons. The van der Waals surface area contributed by atoms with Crippen LogP contribution in [-0.4, -0.2) is 69.3 Å². The van der Waals surface area contributed by atoms with Crippen molar-refractivity contribution in [1.82, 2.24) is 9.80 Å². The van der Waals surface area contributed by atoms with E-state index in [1.54, 1.807) is 28.4 Å². The Morgan fingerprint density at radius 3 is 2.80 bits per heavy atom. The highest BCUT2D eigenvalue weighted by Crippen LogP contribution is 2.69. The van der Waals surface area contributed by atoms with Crippen molar-refractivity contribution in [3.63, 3.8) is 0 Å². The van der Waals surface area contributed by atoms with Crippen LogP contribution in [0.15, 0.2) is 64.5 Å². The minimum atomic E-state index is -1.04. The number of rotatable bonds is 6. The van der Waals surface area contributed by atoms with Gasteiger partial charge in [-0.3, -0.25) is 9.69 Å². The second kappa shape index (κ2) is 9.69. The summed E-state index contributed by atoms with van der Waals surface area (Å²) in [6, 6.07) is 15.9. The SMILES string of the molecule is CN(C(=O)/C=C/c1cc(Br)cs1)[C@H]1CC[C@@]2(O)[C@H]3Cc4ccc(O)c5c4[C@@]2(CCN3CCc2ccccc2)[C@@]1(C)O5. The van der Waals surface area contributed by atoms with E-state index in [1.165, 1.54) is 5.56 Å². The fourth-order valence-electron chi connectivity index (χ4n) is 8.65. The minimum absolute atomic E-state index is 0.0648. The van der Waals surface area contributed by atoms with Crippen LogP contribution in [0.25, 0.3) is 6.08 Å². The van der Waals surface area contributed by atoms with Gasteiger partial charge >= 0.3 is 0 Å². The van der Waals surface area contributed by atoms with E-state index in [2.05, 4.69) is 52.0 Å². The number of piperidine rings is 1. The number of aromatic hydroxyl groups is 1. The molecule has 1 amide bonds. The van der Waals surface area contributed by atoms with Crippen LogP contribution in [0.5, 0.6) is 11.5 Å². The average molecular weight is 636 g/mol. The van der Waals surface area contributed by atoms with Crippen LogP contribution < -0.4 is 4.74 Å². The van der Waals surface area contributed by atoms with E-state index in [4.69, 9.17) is 4.74 Å². The van der Waals surface area contributed by atoms with Crippen LogP contribution in [0.2, 0.25) is 0 Å². The second-order valence-corrected chi connectivity index (χ2v) is 14.1. The molecule has 3 aromatic rings. The lowest BCUT2D eigenvalue weighted by Crippen LogP contribution is -2.82. The summed E-state index contributed by atoms with van der Waals surface area (Å²) in [6.07, 6.45) is 7.00. The maximum Gasteiger partial charge on any atom is 0.246 e. The molecule has 7 rings (SSSR count). The third-order valence-electron chi connectivity index (χ3n) is 10.5. The van der Waals surface area contributed by atoms with Gasteiger partial charge in [0.25, 0.3) is 0 Å². The van der Waals surface area contributed by atoms with E-state index in [0.29, 0.717) is 31.4 Å². The highest BCUT2D eigenvalue weighted by Gasteiger charge is 2.78. The Labute approximate surface area is 253 Å². The molecular formula is C33H35BrN2O4S. The summed E-state index contributed by atoms with van der Waals surface area (Å²) >= 11 is 5.05. The molecule has 5 atom stereocenters. The molecule has 6 nitrogen and oxygen atoms in total. The minimum Gasteiger partial charge on any atom is -0.504 e. The zero-order valence-corrected chi connectivity index (χ0v) is 25.7. The fourth-order valence-corrected chi connectivity index (χ4v) is 9.99. The van der Waals surface area contributed by atoms with Gasteiger partial charge in [0.1, 0.15) is 5.60 Å². The number of aliphatic hydroxyl groups is 1. The molecular weight excluding hydrogens is 600 g/mol. The number of hydrogen-bond acceptors (Lipinski definition) is 6. The number of thiophene rings is 1. The standard InChI is InChI=1S/C33H35BrN2O4S/c1-31-26(35(2)28(38)11-9-24-19-23(34)20-41-24)12-14-33(39)27-18-22-8-10-25(37)30(40-31)29(22)32(31,33)15-17-36(27)16-13-21-6-4-3-5-7-21/h3-11,19-20,26-27,37,39H,12-18H2,1-2H3/b11-9+/t26-,27+,31-,32-,33+/m0/s1. The molecule has 2 fully saturated rings. The van der Waals surface area contributed by atoms with Crippen LogP contribution in [0.4, 0.5) is 0 Å². The summed E-state index contributed by atoms with van der Waals surface area (Å²) < 4.78 is 7.82. The average Bonchev–Trinajstić information content (AvgIpc) is 3.50. The maximum atomic E-state index is 13.5. The van der Waals surface area contributed by atoms with Gasteiger partial charge in [-0.05, 0) is 90.8 Å². The van der Waals surface area contributed by atoms with Crippen LogP contribution in [0, 0.1) is 0 Å². The lowest BCUT2D eigenvalue weighted by atomic mass is 9.44. The molecule has 214 valence electrons. The molecule has 1 saturated carbocycles. The van der Waals surface area contributed by atoms with E-state index in [0.717, 1.165) is 40.0 Å². The number of likely N-dealkylation sites (N-methyl/N-ethyl adjacent to an activating group) is 1. The summed E-state index contributed by atoms with van der Waals surface area (Å²) in [5, 5.41) is 25.9.